The molecule has 2 aromatic heterocycles. The summed E-state index contributed by atoms with van der Waals surface area (Å²) in [7, 11) is 0. The predicted molar refractivity (Wildman–Crippen MR) is 163 cm³/mol. The third-order valence-electron chi connectivity index (χ3n) is 7.09. The van der Waals surface area contributed by atoms with Gasteiger partial charge in [-0.3, -0.25) is 19.5 Å². The lowest BCUT2D eigenvalue weighted by Gasteiger charge is -2.25. The van der Waals surface area contributed by atoms with Crippen LogP contribution in [0, 0.1) is 17.0 Å². The number of nitrogens with zero attached hydrogens (tertiary/aromatic N) is 3. The topological polar surface area (TPSA) is 117 Å². The molecule has 0 spiro atoms. The first-order chi connectivity index (χ1) is 20.9. The van der Waals surface area contributed by atoms with E-state index in [9.17, 15) is 19.7 Å². The van der Waals surface area contributed by atoms with Gasteiger partial charge in [0.1, 0.15) is 11.5 Å². The van der Waals surface area contributed by atoms with E-state index in [1.54, 1.807) is 31.2 Å². The Balaban J connectivity index is 1.53. The maximum Gasteiger partial charge on any atom is 0.338 e. The molecule has 0 radical (unpaired) electrons. The lowest BCUT2D eigenvalue weighted by Crippen LogP contribution is -2.39. The van der Waals surface area contributed by atoms with Gasteiger partial charge >= 0.3 is 5.97 Å². The molecule has 1 atom stereocenters. The number of fused-ring (bicyclic) bond motifs is 1. The quantitative estimate of drug-likeness (QED) is 0.142. The minimum Gasteiger partial charge on any atom is -0.463 e. The highest BCUT2D eigenvalue weighted by Crippen LogP contribution is 2.35. The van der Waals surface area contributed by atoms with Gasteiger partial charge in [-0.15, -0.1) is 0 Å². The summed E-state index contributed by atoms with van der Waals surface area (Å²) in [6.45, 7) is 3.75. The Kier molecular flexibility index (Phi) is 7.43. The molecule has 0 aliphatic carbocycles. The van der Waals surface area contributed by atoms with Crippen molar-refractivity contribution in [3.05, 3.63) is 149 Å². The maximum atomic E-state index is 14.0. The van der Waals surface area contributed by atoms with Crippen molar-refractivity contribution in [1.29, 1.82) is 0 Å². The van der Waals surface area contributed by atoms with Crippen LogP contribution in [0.5, 0.6) is 0 Å². The average Bonchev–Trinajstić information content (AvgIpc) is 3.61. The molecule has 3 heterocycles. The Morgan fingerprint density at radius 1 is 1.07 bits per heavy atom. The van der Waals surface area contributed by atoms with E-state index < -0.39 is 16.9 Å². The number of carbonyl (C=O) groups excluding carboxylic acids is 1. The zero-order valence-corrected chi connectivity index (χ0v) is 24.0. The third-order valence-corrected chi connectivity index (χ3v) is 8.07. The van der Waals surface area contributed by atoms with Gasteiger partial charge < -0.3 is 9.15 Å². The van der Waals surface area contributed by atoms with Gasteiger partial charge in [-0.25, -0.2) is 9.79 Å². The van der Waals surface area contributed by atoms with E-state index in [0.29, 0.717) is 32.1 Å². The molecular weight excluding hydrogens is 566 g/mol. The SMILES string of the molecule is CCOC(=O)C1=C(c2ccccc2)N=c2s/c(=C\c3ccc(-c4cc([N+](=O)[O-])ccc4C)o3)c(=O)n2[C@H]1c1ccccc1. The van der Waals surface area contributed by atoms with Crippen LogP contribution in [0.4, 0.5) is 5.69 Å². The molecule has 5 aromatic rings. The zero-order valence-electron chi connectivity index (χ0n) is 23.2. The highest BCUT2D eigenvalue weighted by atomic mass is 32.1. The summed E-state index contributed by atoms with van der Waals surface area (Å²) >= 11 is 1.19. The lowest BCUT2D eigenvalue weighted by molar-refractivity contribution is -0.384. The summed E-state index contributed by atoms with van der Waals surface area (Å²) in [5.41, 5.74) is 3.21. The molecule has 214 valence electrons. The van der Waals surface area contributed by atoms with Gasteiger partial charge in [-0.2, -0.15) is 0 Å². The fourth-order valence-corrected chi connectivity index (χ4v) is 6.07. The van der Waals surface area contributed by atoms with E-state index in [2.05, 4.69) is 0 Å². The summed E-state index contributed by atoms with van der Waals surface area (Å²) in [6.07, 6.45) is 1.62. The molecule has 0 amide bonds. The number of nitro benzene ring substituents is 1. The molecule has 0 saturated carbocycles. The number of non-ortho nitro benzene ring substituents is 1. The van der Waals surface area contributed by atoms with Gasteiger partial charge in [0.25, 0.3) is 11.2 Å². The molecular formula is C33H25N3O6S. The van der Waals surface area contributed by atoms with Crippen molar-refractivity contribution in [2.75, 3.05) is 6.61 Å². The summed E-state index contributed by atoms with van der Waals surface area (Å²) in [5.74, 6) is 0.296. The first-order valence-corrected chi connectivity index (χ1v) is 14.4. The van der Waals surface area contributed by atoms with Gasteiger partial charge in [-0.05, 0) is 37.1 Å². The first-order valence-electron chi connectivity index (χ1n) is 13.5. The Morgan fingerprint density at radius 3 is 2.49 bits per heavy atom. The summed E-state index contributed by atoms with van der Waals surface area (Å²) in [6, 6.07) is 25.9. The van der Waals surface area contributed by atoms with Gasteiger partial charge in [0.15, 0.2) is 4.80 Å². The molecule has 0 N–H and O–H groups in total. The molecule has 1 aliphatic heterocycles. The van der Waals surface area contributed by atoms with Crippen LogP contribution in [0.25, 0.3) is 23.1 Å². The minimum atomic E-state index is -0.770. The van der Waals surface area contributed by atoms with Crippen LogP contribution in [-0.2, 0) is 9.53 Å². The highest BCUT2D eigenvalue weighted by Gasteiger charge is 2.35. The summed E-state index contributed by atoms with van der Waals surface area (Å²) in [5, 5.41) is 11.3. The van der Waals surface area contributed by atoms with Crippen molar-refractivity contribution in [2.45, 2.75) is 19.9 Å². The number of rotatable bonds is 7. The maximum absolute atomic E-state index is 14.0. The van der Waals surface area contributed by atoms with Crippen molar-refractivity contribution in [3.8, 4) is 11.3 Å². The standard InChI is InChI=1S/C33H25N3O6S/c1-3-41-32(38)28-29(21-10-6-4-7-11-21)34-33-35(30(28)22-12-8-5-9-13-22)31(37)27(43-33)19-24-16-17-26(42-24)25-18-23(36(39)40)15-14-20(25)2/h4-19,30H,3H2,1-2H3/b27-19-/t30-/m0/s1. The van der Waals surface area contributed by atoms with Crippen molar-refractivity contribution in [3.63, 3.8) is 0 Å². The van der Waals surface area contributed by atoms with Gasteiger partial charge in [0.05, 0.1) is 33.4 Å². The van der Waals surface area contributed by atoms with Gasteiger partial charge in [0.2, 0.25) is 0 Å². The Morgan fingerprint density at radius 2 is 1.79 bits per heavy atom. The Bertz CT molecular complexity index is 2070. The van der Waals surface area contributed by atoms with Crippen LogP contribution in [0.2, 0.25) is 0 Å². The van der Waals surface area contributed by atoms with E-state index in [4.69, 9.17) is 14.1 Å². The molecule has 1 aliphatic rings. The van der Waals surface area contributed by atoms with E-state index in [-0.39, 0.29) is 23.4 Å². The number of esters is 1. The van der Waals surface area contributed by atoms with Gasteiger partial charge in [0, 0.05) is 29.3 Å². The largest absolute Gasteiger partial charge is 0.463 e. The fourth-order valence-electron chi connectivity index (χ4n) is 5.08. The van der Waals surface area contributed by atoms with E-state index in [1.807, 2.05) is 67.6 Å². The number of thiazole rings is 1. The molecule has 43 heavy (non-hydrogen) atoms. The average molecular weight is 592 g/mol. The third kappa shape index (κ3) is 5.24. The van der Waals surface area contributed by atoms with Crippen molar-refractivity contribution < 1.29 is 18.9 Å². The molecule has 6 rings (SSSR count). The molecule has 0 unspecified atom stereocenters. The number of carbonyl (C=O) groups is 1. The van der Waals surface area contributed by atoms with Crippen LogP contribution in [0.3, 0.4) is 0 Å². The molecule has 0 bridgehead atoms. The normalized spacial score (nSPS) is 14.7. The van der Waals surface area contributed by atoms with E-state index >= 15 is 0 Å². The number of aromatic nitrogens is 1. The zero-order chi connectivity index (χ0) is 30.1. The number of furan rings is 1. The number of hydrogen-bond acceptors (Lipinski definition) is 8. The molecule has 10 heteroatoms. The summed E-state index contributed by atoms with van der Waals surface area (Å²) < 4.78 is 13.4. The lowest BCUT2D eigenvalue weighted by atomic mass is 9.93. The molecule has 0 fully saturated rings. The predicted octanol–water partition coefficient (Wildman–Crippen LogP) is 5.41. The van der Waals surface area contributed by atoms with Crippen LogP contribution in [0.15, 0.2) is 111 Å². The van der Waals surface area contributed by atoms with E-state index in [0.717, 1.165) is 16.7 Å². The van der Waals surface area contributed by atoms with Crippen LogP contribution in [0.1, 0.15) is 35.4 Å². The molecule has 0 saturated heterocycles. The Hall–Kier alpha value is -5.35. The smallest absolute Gasteiger partial charge is 0.338 e. The number of aryl methyl sites for hydroxylation is 1. The Labute approximate surface area is 249 Å². The number of hydrogen-bond donors (Lipinski definition) is 0. The second-order valence-corrected chi connectivity index (χ2v) is 10.8. The molecule has 3 aromatic carbocycles. The second-order valence-electron chi connectivity index (χ2n) is 9.80. The first kappa shape index (κ1) is 27.8. The number of nitro groups is 1. The summed E-state index contributed by atoms with van der Waals surface area (Å²) in [4.78, 5) is 43.6. The number of ether oxygens (including phenoxy) is 1. The number of benzene rings is 3. The fraction of sp³-hybridized carbons (Fsp3) is 0.121. The minimum absolute atomic E-state index is 0.0422. The van der Waals surface area contributed by atoms with Crippen molar-refractivity contribution in [2.24, 2.45) is 4.99 Å². The monoisotopic (exact) mass is 591 g/mol. The van der Waals surface area contributed by atoms with Gasteiger partial charge in [-0.1, -0.05) is 78.1 Å². The van der Waals surface area contributed by atoms with Crippen LogP contribution >= 0.6 is 11.3 Å². The second kappa shape index (κ2) is 11.5. The van der Waals surface area contributed by atoms with E-state index in [1.165, 1.54) is 28.0 Å². The highest BCUT2D eigenvalue weighted by molar-refractivity contribution is 7.07. The molecule has 9 nitrogen and oxygen atoms in total. The van der Waals surface area contributed by atoms with Crippen LogP contribution in [-0.4, -0.2) is 22.1 Å². The van der Waals surface area contributed by atoms with Crippen molar-refractivity contribution in [1.82, 2.24) is 4.57 Å². The van der Waals surface area contributed by atoms with Crippen LogP contribution < -0.4 is 14.9 Å². The van der Waals surface area contributed by atoms with Crippen molar-refractivity contribution >= 4 is 34.8 Å².